The van der Waals surface area contributed by atoms with Crippen LogP contribution in [0.5, 0.6) is 0 Å². The van der Waals surface area contributed by atoms with Crippen LogP contribution < -0.4 is 0 Å². The van der Waals surface area contributed by atoms with Crippen LogP contribution in [0.3, 0.4) is 0 Å². The first-order chi connectivity index (χ1) is 6.65. The van der Waals surface area contributed by atoms with Crippen LogP contribution >= 0.6 is 0 Å². The molecule has 1 fully saturated rings. The van der Waals surface area contributed by atoms with Crippen molar-refractivity contribution in [2.45, 2.75) is 52.9 Å². The highest BCUT2D eigenvalue weighted by molar-refractivity contribution is 4.83. The predicted molar refractivity (Wildman–Crippen MR) is 58.1 cm³/mol. The highest BCUT2D eigenvalue weighted by Crippen LogP contribution is 2.38. The molecule has 0 spiro atoms. The largest absolute Gasteiger partial charge is 0.356 e. The van der Waals surface area contributed by atoms with Crippen molar-refractivity contribution in [3.63, 3.8) is 0 Å². The van der Waals surface area contributed by atoms with Crippen molar-refractivity contribution < 1.29 is 9.47 Å². The molecule has 5 atom stereocenters. The fourth-order valence-corrected chi connectivity index (χ4v) is 2.68. The molecule has 1 rings (SSSR count). The van der Waals surface area contributed by atoms with Gasteiger partial charge in [0.1, 0.15) is 0 Å². The Kier molecular flexibility index (Phi) is 4.39. The molecule has 1 saturated heterocycles. The van der Waals surface area contributed by atoms with Gasteiger partial charge in [-0.3, -0.25) is 0 Å². The van der Waals surface area contributed by atoms with Gasteiger partial charge in [0.2, 0.25) is 0 Å². The summed E-state index contributed by atoms with van der Waals surface area (Å²) >= 11 is 0. The van der Waals surface area contributed by atoms with E-state index in [1.807, 2.05) is 0 Å². The zero-order chi connectivity index (χ0) is 10.7. The topological polar surface area (TPSA) is 18.5 Å². The van der Waals surface area contributed by atoms with Gasteiger partial charge in [-0.2, -0.15) is 0 Å². The first-order valence-corrected chi connectivity index (χ1v) is 5.83. The maximum absolute atomic E-state index is 5.95. The lowest BCUT2D eigenvalue weighted by Gasteiger charge is -2.44. The lowest BCUT2D eigenvalue weighted by molar-refractivity contribution is -0.240. The van der Waals surface area contributed by atoms with E-state index in [0.717, 1.165) is 6.42 Å². The predicted octanol–water partition coefficient (Wildman–Crippen LogP) is 3.07. The van der Waals surface area contributed by atoms with Gasteiger partial charge in [-0.15, -0.1) is 0 Å². The highest BCUT2D eigenvalue weighted by Gasteiger charge is 2.39. The third-order valence-corrected chi connectivity index (χ3v) is 3.83. The third kappa shape index (κ3) is 2.12. The SMILES string of the molecule is CCC1OC(OC)C(C)C(C)C1CC. The normalized spacial score (nSPS) is 43.9. The van der Waals surface area contributed by atoms with Crippen molar-refractivity contribution in [2.75, 3.05) is 7.11 Å². The molecule has 0 aromatic heterocycles. The van der Waals surface area contributed by atoms with Crippen LogP contribution in [0.2, 0.25) is 0 Å². The molecule has 84 valence electrons. The van der Waals surface area contributed by atoms with Crippen molar-refractivity contribution in [3.05, 3.63) is 0 Å². The smallest absolute Gasteiger partial charge is 0.160 e. The van der Waals surface area contributed by atoms with Gasteiger partial charge in [0.15, 0.2) is 6.29 Å². The molecule has 1 aliphatic rings. The molecule has 5 unspecified atom stereocenters. The lowest BCUT2D eigenvalue weighted by atomic mass is 9.76. The van der Waals surface area contributed by atoms with E-state index in [-0.39, 0.29) is 6.29 Å². The number of hydrogen-bond donors (Lipinski definition) is 0. The summed E-state index contributed by atoms with van der Waals surface area (Å²) in [7, 11) is 1.74. The summed E-state index contributed by atoms with van der Waals surface area (Å²) in [6.07, 6.45) is 2.68. The second-order valence-corrected chi connectivity index (χ2v) is 4.48. The zero-order valence-corrected chi connectivity index (χ0v) is 10.1. The quantitative estimate of drug-likeness (QED) is 0.697. The lowest BCUT2D eigenvalue weighted by Crippen LogP contribution is -2.46. The summed E-state index contributed by atoms with van der Waals surface area (Å²) in [4.78, 5) is 0. The summed E-state index contributed by atoms with van der Waals surface area (Å²) < 4.78 is 11.3. The molecule has 0 amide bonds. The van der Waals surface area contributed by atoms with Crippen LogP contribution in [-0.4, -0.2) is 19.5 Å². The van der Waals surface area contributed by atoms with Crippen LogP contribution in [0.4, 0.5) is 0 Å². The third-order valence-electron chi connectivity index (χ3n) is 3.83. The minimum atomic E-state index is -0.00208. The molecule has 2 nitrogen and oxygen atoms in total. The van der Waals surface area contributed by atoms with Gasteiger partial charge < -0.3 is 9.47 Å². The molecule has 2 heteroatoms. The minimum absolute atomic E-state index is 0.00208. The molecule has 1 aliphatic heterocycles. The number of ether oxygens (including phenoxy) is 2. The van der Waals surface area contributed by atoms with Gasteiger partial charge in [0.05, 0.1) is 6.10 Å². The number of methoxy groups -OCH3 is 1. The van der Waals surface area contributed by atoms with E-state index >= 15 is 0 Å². The van der Waals surface area contributed by atoms with E-state index in [1.165, 1.54) is 6.42 Å². The maximum atomic E-state index is 5.95. The summed E-state index contributed by atoms with van der Waals surface area (Å²) in [5.41, 5.74) is 0. The molecule has 0 bridgehead atoms. The van der Waals surface area contributed by atoms with Crippen LogP contribution in [0.25, 0.3) is 0 Å². The molecular weight excluding hydrogens is 176 g/mol. The Labute approximate surface area is 88.0 Å². The molecule has 0 aliphatic carbocycles. The van der Waals surface area contributed by atoms with E-state index in [4.69, 9.17) is 9.47 Å². The highest BCUT2D eigenvalue weighted by atomic mass is 16.7. The van der Waals surface area contributed by atoms with Gasteiger partial charge >= 0.3 is 0 Å². The molecule has 0 radical (unpaired) electrons. The molecule has 0 saturated carbocycles. The van der Waals surface area contributed by atoms with Crippen molar-refractivity contribution in [2.24, 2.45) is 17.8 Å². The first-order valence-electron chi connectivity index (χ1n) is 5.83. The van der Waals surface area contributed by atoms with Crippen molar-refractivity contribution in [1.82, 2.24) is 0 Å². The average Bonchev–Trinajstić information content (AvgIpc) is 2.21. The number of rotatable bonds is 3. The monoisotopic (exact) mass is 200 g/mol. The van der Waals surface area contributed by atoms with Crippen molar-refractivity contribution in [3.8, 4) is 0 Å². The standard InChI is InChI=1S/C12H24O2/c1-6-10-8(3)9(4)12(13-5)14-11(10)7-2/h8-12H,6-7H2,1-5H3. The zero-order valence-electron chi connectivity index (χ0n) is 10.1. The van der Waals surface area contributed by atoms with Crippen molar-refractivity contribution in [1.29, 1.82) is 0 Å². The fourth-order valence-electron chi connectivity index (χ4n) is 2.68. The Morgan fingerprint density at radius 3 is 2.14 bits per heavy atom. The van der Waals surface area contributed by atoms with Crippen LogP contribution in [-0.2, 0) is 9.47 Å². The Morgan fingerprint density at radius 1 is 1.07 bits per heavy atom. The molecule has 14 heavy (non-hydrogen) atoms. The van der Waals surface area contributed by atoms with Crippen LogP contribution in [0.1, 0.15) is 40.5 Å². The van der Waals surface area contributed by atoms with Crippen molar-refractivity contribution >= 4 is 0 Å². The minimum Gasteiger partial charge on any atom is -0.356 e. The Hall–Kier alpha value is -0.0800. The first kappa shape index (κ1) is 12.0. The summed E-state index contributed by atoms with van der Waals surface area (Å²) in [6.45, 7) is 9.01. The second-order valence-electron chi connectivity index (χ2n) is 4.48. The van der Waals surface area contributed by atoms with E-state index in [2.05, 4.69) is 27.7 Å². The fraction of sp³-hybridized carbons (Fsp3) is 1.00. The average molecular weight is 200 g/mol. The van der Waals surface area contributed by atoms with Crippen LogP contribution in [0.15, 0.2) is 0 Å². The van der Waals surface area contributed by atoms with Gasteiger partial charge in [-0.1, -0.05) is 34.1 Å². The van der Waals surface area contributed by atoms with E-state index in [0.29, 0.717) is 23.9 Å². The Morgan fingerprint density at radius 2 is 1.71 bits per heavy atom. The van der Waals surface area contributed by atoms with Crippen LogP contribution in [0, 0.1) is 17.8 Å². The maximum Gasteiger partial charge on any atom is 0.160 e. The molecule has 0 aromatic carbocycles. The molecule has 0 aromatic rings. The summed E-state index contributed by atoms with van der Waals surface area (Å²) in [5, 5.41) is 0. The summed E-state index contributed by atoms with van der Waals surface area (Å²) in [5.74, 6) is 1.90. The van der Waals surface area contributed by atoms with E-state index < -0.39 is 0 Å². The molecule has 1 heterocycles. The summed E-state index contributed by atoms with van der Waals surface area (Å²) in [6, 6.07) is 0. The van der Waals surface area contributed by atoms with Gasteiger partial charge in [-0.05, 0) is 18.3 Å². The van der Waals surface area contributed by atoms with Gasteiger partial charge in [-0.25, -0.2) is 0 Å². The van der Waals surface area contributed by atoms with Gasteiger partial charge in [0.25, 0.3) is 0 Å². The molecular formula is C12H24O2. The Balaban J connectivity index is 2.71. The number of hydrogen-bond acceptors (Lipinski definition) is 2. The van der Waals surface area contributed by atoms with E-state index in [1.54, 1.807) is 7.11 Å². The van der Waals surface area contributed by atoms with E-state index in [9.17, 15) is 0 Å². The second kappa shape index (κ2) is 5.13. The Bertz CT molecular complexity index is 168. The van der Waals surface area contributed by atoms with Gasteiger partial charge in [0, 0.05) is 13.0 Å². The molecule has 0 N–H and O–H groups in total.